The number of carbonyl (C=O) groups is 1. The Hall–Kier alpha value is -4.02. The molecule has 2 aromatic carbocycles. The van der Waals surface area contributed by atoms with Crippen molar-refractivity contribution in [2.75, 3.05) is 26.3 Å². The fourth-order valence-corrected chi connectivity index (χ4v) is 4.87. The van der Waals surface area contributed by atoms with Crippen LogP contribution in [0.15, 0.2) is 65.8 Å². The first-order valence-corrected chi connectivity index (χ1v) is 12.7. The van der Waals surface area contributed by atoms with Gasteiger partial charge in [0.05, 0.1) is 37.2 Å². The van der Waals surface area contributed by atoms with Crippen LogP contribution in [-0.2, 0) is 11.3 Å². The van der Waals surface area contributed by atoms with E-state index in [1.807, 2.05) is 31.2 Å². The van der Waals surface area contributed by atoms with Gasteiger partial charge in [0.15, 0.2) is 5.65 Å². The smallest absolute Gasteiger partial charge is 0.264 e. The zero-order chi connectivity index (χ0) is 26.3. The van der Waals surface area contributed by atoms with E-state index in [9.17, 15) is 14.7 Å². The number of aliphatic hydroxyl groups is 1. The van der Waals surface area contributed by atoms with Crippen LogP contribution in [0, 0.1) is 6.92 Å². The topological polar surface area (TPSA) is 112 Å². The Morgan fingerprint density at radius 1 is 1.11 bits per heavy atom. The Labute approximate surface area is 219 Å². The summed E-state index contributed by atoms with van der Waals surface area (Å²) in [7, 11) is 0. The van der Waals surface area contributed by atoms with Crippen molar-refractivity contribution in [1.29, 1.82) is 0 Å². The Morgan fingerprint density at radius 3 is 2.47 bits per heavy atom. The van der Waals surface area contributed by atoms with E-state index in [0.29, 0.717) is 61.5 Å². The number of ether oxygens (including phenoxy) is 2. The van der Waals surface area contributed by atoms with Crippen LogP contribution < -0.4 is 10.3 Å². The van der Waals surface area contributed by atoms with Gasteiger partial charge < -0.3 is 19.5 Å². The second kappa shape index (κ2) is 9.70. The Balaban J connectivity index is 1.11. The molecule has 2 aliphatic heterocycles. The largest absolute Gasteiger partial charge is 0.486 e. The van der Waals surface area contributed by atoms with Crippen molar-refractivity contribution in [3.8, 4) is 11.4 Å². The second-order valence-corrected chi connectivity index (χ2v) is 10.1. The first-order chi connectivity index (χ1) is 18.4. The van der Waals surface area contributed by atoms with E-state index in [1.165, 1.54) is 17.1 Å². The SMILES string of the molecule is Cc1ccc(-n2ncc3c(=O)n(CC4(O)CCN(C(=O)c5ccc(OC6COC6)cc5)CC4)cnc32)cc1. The van der Waals surface area contributed by atoms with Crippen LogP contribution in [0.4, 0.5) is 0 Å². The number of nitrogens with zero attached hydrogens (tertiary/aromatic N) is 5. The van der Waals surface area contributed by atoms with Crippen LogP contribution in [0.3, 0.4) is 0 Å². The van der Waals surface area contributed by atoms with Crippen LogP contribution in [0.25, 0.3) is 16.7 Å². The van der Waals surface area contributed by atoms with Gasteiger partial charge in [-0.2, -0.15) is 5.10 Å². The molecule has 1 amide bonds. The number of carbonyl (C=O) groups excluding carboxylic acids is 1. The average Bonchev–Trinajstić information content (AvgIpc) is 3.34. The fraction of sp³-hybridized carbons (Fsp3) is 0.357. The first kappa shape index (κ1) is 24.3. The summed E-state index contributed by atoms with van der Waals surface area (Å²) >= 11 is 0. The van der Waals surface area contributed by atoms with Gasteiger partial charge in [0.25, 0.3) is 11.5 Å². The lowest BCUT2D eigenvalue weighted by Gasteiger charge is -2.38. The van der Waals surface area contributed by atoms with Crippen molar-refractivity contribution in [1.82, 2.24) is 24.2 Å². The normalized spacial score (nSPS) is 17.4. The quantitative estimate of drug-likeness (QED) is 0.420. The van der Waals surface area contributed by atoms with Gasteiger partial charge in [-0.1, -0.05) is 17.7 Å². The number of aryl methyl sites for hydroxylation is 1. The molecule has 10 heteroatoms. The molecule has 10 nitrogen and oxygen atoms in total. The second-order valence-electron chi connectivity index (χ2n) is 10.1. The minimum atomic E-state index is -1.12. The van der Waals surface area contributed by atoms with Gasteiger partial charge in [-0.3, -0.25) is 14.2 Å². The summed E-state index contributed by atoms with van der Waals surface area (Å²) in [5.74, 6) is 0.623. The molecule has 2 aliphatic rings. The van der Waals surface area contributed by atoms with Gasteiger partial charge in [-0.25, -0.2) is 9.67 Å². The highest BCUT2D eigenvalue weighted by atomic mass is 16.6. The van der Waals surface area contributed by atoms with E-state index >= 15 is 0 Å². The molecule has 2 aromatic heterocycles. The lowest BCUT2D eigenvalue weighted by atomic mass is 9.91. The van der Waals surface area contributed by atoms with Crippen molar-refractivity contribution in [3.05, 3.63) is 82.5 Å². The third-order valence-corrected chi connectivity index (χ3v) is 7.29. The molecule has 0 bridgehead atoms. The average molecular weight is 516 g/mol. The van der Waals surface area contributed by atoms with Gasteiger partial charge in [0, 0.05) is 18.7 Å². The van der Waals surface area contributed by atoms with Crippen LogP contribution in [0.5, 0.6) is 5.75 Å². The molecule has 0 aliphatic carbocycles. The van der Waals surface area contributed by atoms with E-state index in [2.05, 4.69) is 10.1 Å². The standard InChI is InChI=1S/C28H29N5O5/c1-19-2-6-21(7-3-19)33-25-24(14-30-33)27(35)32(18-29-25)17-28(36)10-12-31(13-11-28)26(34)20-4-8-22(9-5-20)38-23-15-37-16-23/h2-9,14,18,23,36H,10-13,15-17H2,1H3. The third-order valence-electron chi connectivity index (χ3n) is 7.29. The number of amides is 1. The molecular formula is C28H29N5O5. The number of likely N-dealkylation sites (tertiary alicyclic amines) is 1. The zero-order valence-corrected chi connectivity index (χ0v) is 21.1. The molecule has 4 aromatic rings. The number of aromatic nitrogens is 4. The van der Waals surface area contributed by atoms with Gasteiger partial charge in [0.2, 0.25) is 0 Å². The van der Waals surface area contributed by atoms with Crippen LogP contribution in [-0.4, -0.2) is 73.3 Å². The van der Waals surface area contributed by atoms with E-state index in [0.717, 1.165) is 11.3 Å². The molecule has 0 radical (unpaired) electrons. The Bertz CT molecular complexity index is 1510. The number of rotatable bonds is 6. The fourth-order valence-electron chi connectivity index (χ4n) is 4.87. The molecule has 4 heterocycles. The number of hydrogen-bond acceptors (Lipinski definition) is 7. The number of fused-ring (bicyclic) bond motifs is 1. The van der Waals surface area contributed by atoms with E-state index < -0.39 is 5.60 Å². The molecular weight excluding hydrogens is 486 g/mol. The highest BCUT2D eigenvalue weighted by Gasteiger charge is 2.35. The lowest BCUT2D eigenvalue weighted by Crippen LogP contribution is -2.49. The van der Waals surface area contributed by atoms with Crippen LogP contribution in [0.1, 0.15) is 28.8 Å². The van der Waals surface area contributed by atoms with E-state index in [1.54, 1.807) is 33.8 Å². The predicted octanol–water partition coefficient (Wildman–Crippen LogP) is 2.34. The van der Waals surface area contributed by atoms with Crippen LogP contribution in [0.2, 0.25) is 0 Å². The maximum Gasteiger partial charge on any atom is 0.264 e. The summed E-state index contributed by atoms with van der Waals surface area (Å²) in [5, 5.41) is 16.0. The lowest BCUT2D eigenvalue weighted by molar-refractivity contribution is -0.0796. The van der Waals surface area contributed by atoms with Crippen molar-refractivity contribution in [2.24, 2.45) is 0 Å². The summed E-state index contributed by atoms with van der Waals surface area (Å²) in [4.78, 5) is 32.4. The zero-order valence-electron chi connectivity index (χ0n) is 21.1. The monoisotopic (exact) mass is 515 g/mol. The molecule has 1 N–H and O–H groups in total. The molecule has 0 spiro atoms. The third kappa shape index (κ3) is 4.68. The van der Waals surface area contributed by atoms with Gasteiger partial charge in [0.1, 0.15) is 23.6 Å². The molecule has 196 valence electrons. The Morgan fingerprint density at radius 2 is 1.82 bits per heavy atom. The maximum atomic E-state index is 13.2. The highest BCUT2D eigenvalue weighted by molar-refractivity contribution is 5.94. The summed E-state index contributed by atoms with van der Waals surface area (Å²) in [5.41, 5.74) is 1.62. The van der Waals surface area contributed by atoms with E-state index in [4.69, 9.17) is 9.47 Å². The molecule has 38 heavy (non-hydrogen) atoms. The summed E-state index contributed by atoms with van der Waals surface area (Å²) in [6.07, 6.45) is 3.77. The Kier molecular flexibility index (Phi) is 6.21. The minimum Gasteiger partial charge on any atom is -0.486 e. The highest BCUT2D eigenvalue weighted by Crippen LogP contribution is 2.26. The van der Waals surface area contributed by atoms with Gasteiger partial charge in [-0.15, -0.1) is 0 Å². The number of piperidine rings is 1. The van der Waals surface area contributed by atoms with Crippen molar-refractivity contribution in [2.45, 2.75) is 38.0 Å². The maximum absolute atomic E-state index is 13.2. The number of benzene rings is 2. The number of hydrogen-bond donors (Lipinski definition) is 1. The first-order valence-electron chi connectivity index (χ1n) is 12.7. The van der Waals surface area contributed by atoms with Crippen molar-refractivity contribution in [3.63, 3.8) is 0 Å². The van der Waals surface area contributed by atoms with Gasteiger partial charge >= 0.3 is 0 Å². The molecule has 2 saturated heterocycles. The molecule has 6 rings (SSSR count). The molecule has 0 atom stereocenters. The summed E-state index contributed by atoms with van der Waals surface area (Å²) < 4.78 is 14.0. The summed E-state index contributed by atoms with van der Waals surface area (Å²) in [6.45, 7) is 4.07. The minimum absolute atomic E-state index is 0.0733. The van der Waals surface area contributed by atoms with E-state index in [-0.39, 0.29) is 24.1 Å². The van der Waals surface area contributed by atoms with Gasteiger partial charge in [-0.05, 0) is 56.2 Å². The van der Waals surface area contributed by atoms with Crippen molar-refractivity contribution < 1.29 is 19.4 Å². The summed E-state index contributed by atoms with van der Waals surface area (Å²) in [6, 6.07) is 14.9. The molecule has 0 saturated carbocycles. The molecule has 2 fully saturated rings. The van der Waals surface area contributed by atoms with Crippen LogP contribution >= 0.6 is 0 Å². The van der Waals surface area contributed by atoms with Crippen molar-refractivity contribution >= 4 is 16.9 Å². The predicted molar refractivity (Wildman–Crippen MR) is 140 cm³/mol. The molecule has 0 unspecified atom stereocenters.